The number of hydrogen-bond donors (Lipinski definition) is 3. The van der Waals surface area contributed by atoms with E-state index in [2.05, 4.69) is 10.4 Å². The Morgan fingerprint density at radius 2 is 2.00 bits per heavy atom. The van der Waals surface area contributed by atoms with Gasteiger partial charge in [0.25, 0.3) is 0 Å². The minimum absolute atomic E-state index is 0.162. The number of nitrogens with one attached hydrogen (secondary N) is 1. The first-order valence-electron chi connectivity index (χ1n) is 6.33. The number of rotatable bonds is 4. The number of nitrogens with zero attached hydrogens (tertiary/aromatic N) is 2. The first kappa shape index (κ1) is 15.3. The molecule has 0 aliphatic heterocycles. The zero-order valence-corrected chi connectivity index (χ0v) is 12.4. The van der Waals surface area contributed by atoms with Crippen LogP contribution in [0.4, 0.5) is 10.6 Å². The fourth-order valence-electron chi connectivity index (χ4n) is 1.93. The molecule has 1 aromatic carbocycles. The standard InChI is InChI=1S/C14H16ClN3O3/c1-14(2,21)8-10-11(15)12(16-13(19)20)18(17-10)9-6-4-3-5-7-9/h3-7,16,21H,8H2,1-2H3,(H,19,20). The molecule has 0 saturated carbocycles. The lowest BCUT2D eigenvalue weighted by atomic mass is 10.0. The number of anilines is 1. The Kier molecular flexibility index (Phi) is 4.20. The lowest BCUT2D eigenvalue weighted by molar-refractivity contribution is 0.0798. The van der Waals surface area contributed by atoms with Crippen molar-refractivity contribution >= 4 is 23.5 Å². The Morgan fingerprint density at radius 1 is 1.38 bits per heavy atom. The number of carboxylic acid groups (broad SMARTS) is 1. The van der Waals surface area contributed by atoms with E-state index in [4.69, 9.17) is 16.7 Å². The number of aliphatic hydroxyl groups is 1. The smallest absolute Gasteiger partial charge is 0.410 e. The molecule has 7 heteroatoms. The Labute approximate surface area is 127 Å². The fourth-order valence-corrected chi connectivity index (χ4v) is 2.16. The fraction of sp³-hybridized carbons (Fsp3) is 0.286. The first-order valence-corrected chi connectivity index (χ1v) is 6.71. The van der Waals surface area contributed by atoms with Crippen molar-refractivity contribution in [2.75, 3.05) is 5.32 Å². The molecule has 0 aliphatic carbocycles. The van der Waals surface area contributed by atoms with Crippen LogP contribution < -0.4 is 5.32 Å². The van der Waals surface area contributed by atoms with Crippen LogP contribution in [0, 0.1) is 0 Å². The molecular formula is C14H16ClN3O3. The topological polar surface area (TPSA) is 87.4 Å². The zero-order chi connectivity index (χ0) is 15.6. The molecule has 3 N–H and O–H groups in total. The summed E-state index contributed by atoms with van der Waals surface area (Å²) >= 11 is 6.21. The Balaban J connectivity index is 2.52. The third-order valence-electron chi connectivity index (χ3n) is 2.72. The van der Waals surface area contributed by atoms with Crippen LogP contribution in [0.25, 0.3) is 5.69 Å². The molecule has 112 valence electrons. The molecule has 0 fully saturated rings. The second kappa shape index (κ2) is 5.75. The number of halogens is 1. The van der Waals surface area contributed by atoms with Gasteiger partial charge in [-0.2, -0.15) is 5.10 Å². The second-order valence-corrected chi connectivity index (χ2v) is 5.65. The van der Waals surface area contributed by atoms with E-state index in [9.17, 15) is 9.90 Å². The first-order chi connectivity index (χ1) is 9.78. The van der Waals surface area contributed by atoms with Gasteiger partial charge in [0.2, 0.25) is 0 Å². The predicted molar refractivity (Wildman–Crippen MR) is 80.2 cm³/mol. The summed E-state index contributed by atoms with van der Waals surface area (Å²) in [5.41, 5.74) is 0.0990. The highest BCUT2D eigenvalue weighted by atomic mass is 35.5. The molecule has 21 heavy (non-hydrogen) atoms. The van der Waals surface area contributed by atoms with Crippen LogP contribution in [0.3, 0.4) is 0 Å². The largest absolute Gasteiger partial charge is 0.465 e. The van der Waals surface area contributed by atoms with Crippen LogP contribution in [0.15, 0.2) is 30.3 Å². The monoisotopic (exact) mass is 309 g/mol. The Morgan fingerprint density at radius 3 is 2.52 bits per heavy atom. The van der Waals surface area contributed by atoms with Gasteiger partial charge >= 0.3 is 6.09 Å². The van der Waals surface area contributed by atoms with Crippen LogP contribution >= 0.6 is 11.6 Å². The summed E-state index contributed by atoms with van der Waals surface area (Å²) in [7, 11) is 0. The van der Waals surface area contributed by atoms with E-state index in [-0.39, 0.29) is 17.3 Å². The van der Waals surface area contributed by atoms with Crippen LogP contribution in [0.2, 0.25) is 5.02 Å². The van der Waals surface area contributed by atoms with Crippen LogP contribution in [0.1, 0.15) is 19.5 Å². The van der Waals surface area contributed by atoms with E-state index < -0.39 is 11.7 Å². The van der Waals surface area contributed by atoms with Gasteiger partial charge in [-0.1, -0.05) is 29.8 Å². The number of amides is 1. The normalized spacial score (nSPS) is 11.4. The molecule has 0 bridgehead atoms. The quantitative estimate of drug-likeness (QED) is 0.810. The molecule has 6 nitrogen and oxygen atoms in total. The summed E-state index contributed by atoms with van der Waals surface area (Å²) < 4.78 is 1.41. The lowest BCUT2D eigenvalue weighted by Gasteiger charge is -2.14. The van der Waals surface area contributed by atoms with E-state index in [0.717, 1.165) is 0 Å². The summed E-state index contributed by atoms with van der Waals surface area (Å²) in [6.45, 7) is 3.27. The highest BCUT2D eigenvalue weighted by Gasteiger charge is 2.24. The van der Waals surface area contributed by atoms with E-state index in [0.29, 0.717) is 11.4 Å². The number of hydrogen-bond acceptors (Lipinski definition) is 3. The third kappa shape index (κ3) is 3.74. The molecule has 0 atom stereocenters. The van der Waals surface area contributed by atoms with Gasteiger partial charge in [0.05, 0.1) is 17.0 Å². The van der Waals surface area contributed by atoms with Gasteiger partial charge in [-0.25, -0.2) is 9.48 Å². The summed E-state index contributed by atoms with van der Waals surface area (Å²) in [4.78, 5) is 10.9. The average Bonchev–Trinajstić information content (AvgIpc) is 2.66. The predicted octanol–water partition coefficient (Wildman–Crippen LogP) is 2.93. The van der Waals surface area contributed by atoms with Crippen molar-refractivity contribution in [1.82, 2.24) is 9.78 Å². The van der Waals surface area contributed by atoms with E-state index in [1.54, 1.807) is 26.0 Å². The molecule has 0 unspecified atom stereocenters. The highest BCUT2D eigenvalue weighted by Crippen LogP contribution is 2.30. The van der Waals surface area contributed by atoms with Crippen molar-refractivity contribution in [3.05, 3.63) is 41.0 Å². The van der Waals surface area contributed by atoms with Crippen LogP contribution in [-0.4, -0.2) is 31.7 Å². The molecular weight excluding hydrogens is 294 g/mol. The lowest BCUT2D eigenvalue weighted by Crippen LogP contribution is -2.22. The van der Waals surface area contributed by atoms with Gasteiger partial charge in [-0.05, 0) is 26.0 Å². The van der Waals surface area contributed by atoms with E-state index in [1.807, 2.05) is 18.2 Å². The van der Waals surface area contributed by atoms with Gasteiger partial charge in [-0.15, -0.1) is 0 Å². The van der Waals surface area contributed by atoms with Crippen molar-refractivity contribution in [3.8, 4) is 5.69 Å². The molecule has 2 aromatic rings. The second-order valence-electron chi connectivity index (χ2n) is 5.28. The van der Waals surface area contributed by atoms with Crippen LogP contribution in [0.5, 0.6) is 0 Å². The minimum Gasteiger partial charge on any atom is -0.465 e. The third-order valence-corrected chi connectivity index (χ3v) is 3.12. The maximum absolute atomic E-state index is 10.9. The summed E-state index contributed by atoms with van der Waals surface area (Å²) in [6.07, 6.45) is -1.02. The molecule has 0 saturated heterocycles. The molecule has 1 heterocycles. The molecule has 1 amide bonds. The van der Waals surface area contributed by atoms with Crippen molar-refractivity contribution in [2.45, 2.75) is 25.9 Å². The average molecular weight is 310 g/mol. The molecule has 2 rings (SSSR count). The summed E-state index contributed by atoms with van der Waals surface area (Å²) in [6, 6.07) is 9.03. The molecule has 1 aromatic heterocycles. The van der Waals surface area contributed by atoms with Gasteiger partial charge in [0, 0.05) is 6.42 Å². The van der Waals surface area contributed by atoms with Gasteiger partial charge in [0.1, 0.15) is 5.02 Å². The maximum atomic E-state index is 10.9. The van der Waals surface area contributed by atoms with Gasteiger partial charge < -0.3 is 10.2 Å². The van der Waals surface area contributed by atoms with Crippen LogP contribution in [-0.2, 0) is 6.42 Å². The number of aromatic nitrogens is 2. The Hall–Kier alpha value is -2.05. The van der Waals surface area contributed by atoms with E-state index >= 15 is 0 Å². The zero-order valence-electron chi connectivity index (χ0n) is 11.7. The maximum Gasteiger partial charge on any atom is 0.410 e. The van der Waals surface area contributed by atoms with Gasteiger partial charge in [0.15, 0.2) is 5.82 Å². The molecule has 0 radical (unpaired) electrons. The highest BCUT2D eigenvalue weighted by molar-refractivity contribution is 6.34. The number of benzene rings is 1. The van der Waals surface area contributed by atoms with E-state index in [1.165, 1.54) is 4.68 Å². The number of para-hydroxylation sites is 1. The van der Waals surface area contributed by atoms with Crippen molar-refractivity contribution in [3.63, 3.8) is 0 Å². The van der Waals surface area contributed by atoms with Crippen molar-refractivity contribution < 1.29 is 15.0 Å². The van der Waals surface area contributed by atoms with Gasteiger partial charge in [-0.3, -0.25) is 5.32 Å². The summed E-state index contributed by atoms with van der Waals surface area (Å²) in [5.74, 6) is 0.162. The number of carbonyl (C=O) groups is 1. The van der Waals surface area contributed by atoms with Crippen molar-refractivity contribution in [2.24, 2.45) is 0 Å². The Bertz CT molecular complexity index is 647. The molecule has 0 aliphatic rings. The van der Waals surface area contributed by atoms with Crippen molar-refractivity contribution in [1.29, 1.82) is 0 Å². The summed E-state index contributed by atoms with van der Waals surface area (Å²) in [5, 5.41) is 25.6. The molecule has 0 spiro atoms. The minimum atomic E-state index is -1.23. The SMILES string of the molecule is CC(C)(O)Cc1nn(-c2ccccc2)c(NC(=O)O)c1Cl.